The number of nitrogens with zero attached hydrogens (tertiary/aromatic N) is 4. The molecule has 5 rings (SSSR count). The molecule has 0 bridgehead atoms. The maximum atomic E-state index is 13.2. The maximum absolute atomic E-state index is 13.2. The molecular formula is C28H25AsN6O3. The fourth-order valence-electron chi connectivity index (χ4n) is 4.10. The molecule has 0 radical (unpaired) electrons. The van der Waals surface area contributed by atoms with Crippen LogP contribution >= 0.6 is 0 Å². The van der Waals surface area contributed by atoms with E-state index in [0.717, 1.165) is 32.6 Å². The van der Waals surface area contributed by atoms with Crippen LogP contribution in [0.4, 0.5) is 11.5 Å². The van der Waals surface area contributed by atoms with E-state index in [9.17, 15) is 14.7 Å². The SMILES string of the molecule is C[AsH]c1nccc(-c2cc3cc(C(=O)NC(CN(c4ccccc4)c4ccccn4)C(=O)O)ccc3[nH]2)n1. The second kappa shape index (κ2) is 11.3. The van der Waals surface area contributed by atoms with Crippen molar-refractivity contribution < 1.29 is 14.7 Å². The van der Waals surface area contributed by atoms with E-state index in [-0.39, 0.29) is 22.3 Å². The molecule has 2 atom stereocenters. The molecule has 0 saturated carbocycles. The molecule has 0 aliphatic rings. The zero-order valence-corrected chi connectivity index (χ0v) is 22.6. The first-order chi connectivity index (χ1) is 18.5. The van der Waals surface area contributed by atoms with E-state index >= 15 is 0 Å². The number of rotatable bonds is 9. The summed E-state index contributed by atoms with van der Waals surface area (Å²) < 4.78 is 0.871. The molecular weight excluding hydrogens is 543 g/mol. The van der Waals surface area contributed by atoms with Gasteiger partial charge >= 0.3 is 140 Å². The second-order valence-corrected chi connectivity index (χ2v) is 10.5. The van der Waals surface area contributed by atoms with Gasteiger partial charge < -0.3 is 10.0 Å². The second-order valence-electron chi connectivity index (χ2n) is 8.50. The Hall–Kier alpha value is -4.49. The van der Waals surface area contributed by atoms with Gasteiger partial charge in [0.1, 0.15) is 5.82 Å². The molecule has 1 amide bonds. The first-order valence-electron chi connectivity index (χ1n) is 11.9. The van der Waals surface area contributed by atoms with Crippen molar-refractivity contribution in [3.63, 3.8) is 0 Å². The molecule has 0 spiro atoms. The molecule has 5 aromatic rings. The van der Waals surface area contributed by atoms with E-state index in [1.807, 2.05) is 54.6 Å². The summed E-state index contributed by atoms with van der Waals surface area (Å²) in [5.74, 6) is -1.03. The van der Waals surface area contributed by atoms with Crippen LogP contribution in [-0.4, -0.2) is 65.3 Å². The number of pyridine rings is 1. The van der Waals surface area contributed by atoms with Gasteiger partial charge in [-0.05, 0) is 24.3 Å². The average Bonchev–Trinajstić information content (AvgIpc) is 3.39. The van der Waals surface area contributed by atoms with Crippen LogP contribution in [0, 0.1) is 0 Å². The molecule has 2 aromatic carbocycles. The summed E-state index contributed by atoms with van der Waals surface area (Å²) in [7, 11) is 0. The average molecular weight is 568 g/mol. The van der Waals surface area contributed by atoms with Crippen molar-refractivity contribution in [2.45, 2.75) is 11.8 Å². The number of carbonyl (C=O) groups excluding carboxylic acids is 1. The Labute approximate surface area is 225 Å². The summed E-state index contributed by atoms with van der Waals surface area (Å²) in [5, 5.41) is 13.5. The van der Waals surface area contributed by atoms with Gasteiger partial charge in [0.25, 0.3) is 0 Å². The molecule has 10 heteroatoms. The van der Waals surface area contributed by atoms with E-state index in [4.69, 9.17) is 0 Å². The van der Waals surface area contributed by atoms with Crippen molar-refractivity contribution >= 4 is 54.6 Å². The number of benzene rings is 2. The third kappa shape index (κ3) is 5.58. The van der Waals surface area contributed by atoms with Crippen molar-refractivity contribution in [1.29, 1.82) is 0 Å². The Balaban J connectivity index is 1.38. The Morgan fingerprint density at radius 1 is 1.00 bits per heavy atom. The number of carbonyl (C=O) groups is 2. The molecule has 3 N–H and O–H groups in total. The van der Waals surface area contributed by atoms with E-state index in [1.54, 1.807) is 41.6 Å². The normalized spacial score (nSPS) is 12.0. The number of aliphatic carboxylic acids is 1. The van der Waals surface area contributed by atoms with Crippen molar-refractivity contribution in [3.8, 4) is 11.4 Å². The zero-order valence-electron chi connectivity index (χ0n) is 20.5. The Morgan fingerprint density at radius 2 is 1.82 bits per heavy atom. The Bertz CT molecular complexity index is 1540. The zero-order chi connectivity index (χ0) is 26.5. The van der Waals surface area contributed by atoms with Crippen LogP contribution in [0.2, 0.25) is 5.71 Å². The van der Waals surface area contributed by atoms with E-state index < -0.39 is 17.9 Å². The number of aromatic nitrogens is 4. The third-order valence-electron chi connectivity index (χ3n) is 6.00. The molecule has 0 aliphatic carbocycles. The number of anilines is 2. The number of carboxylic acid groups (broad SMARTS) is 1. The van der Waals surface area contributed by atoms with Crippen molar-refractivity contribution in [2.75, 3.05) is 11.4 Å². The minimum absolute atomic E-state index is 0.00486. The van der Waals surface area contributed by atoms with Crippen LogP contribution in [0.15, 0.2) is 91.3 Å². The van der Waals surface area contributed by atoms with Gasteiger partial charge in [-0.3, -0.25) is 0 Å². The third-order valence-corrected chi connectivity index (χ3v) is 7.44. The summed E-state index contributed by atoms with van der Waals surface area (Å²) in [6, 6.07) is 22.6. The van der Waals surface area contributed by atoms with Crippen LogP contribution in [0.1, 0.15) is 10.4 Å². The van der Waals surface area contributed by atoms with E-state index in [2.05, 4.69) is 31.0 Å². The number of fused-ring (bicyclic) bond motifs is 1. The van der Waals surface area contributed by atoms with Crippen LogP contribution < -0.4 is 14.8 Å². The van der Waals surface area contributed by atoms with Gasteiger partial charge in [-0.25, -0.2) is 9.78 Å². The number of amides is 1. The van der Waals surface area contributed by atoms with Gasteiger partial charge in [0.05, 0.1) is 0 Å². The molecule has 0 fully saturated rings. The first-order valence-corrected chi connectivity index (χ1v) is 15.1. The van der Waals surface area contributed by atoms with Crippen LogP contribution in [0.5, 0.6) is 0 Å². The van der Waals surface area contributed by atoms with Crippen molar-refractivity contribution in [1.82, 2.24) is 25.3 Å². The standard InChI is InChI=1S/C28H25AsN6O3/c1-29-28-31-14-12-22(34-28)23-16-19-15-18(10-11-21(19)32-23)26(36)33-24(27(37)38)17-35(20-7-3-2-4-8-20)25-9-5-6-13-30-25/h2-16,24,29,32H,17H2,1H3,(H,33,36)(H,37,38). The summed E-state index contributed by atoms with van der Waals surface area (Å²) in [4.78, 5) is 43.8. The summed E-state index contributed by atoms with van der Waals surface area (Å²) in [6.45, 7) is -0.00486. The van der Waals surface area contributed by atoms with Gasteiger partial charge in [0.15, 0.2) is 0 Å². The van der Waals surface area contributed by atoms with Gasteiger partial charge in [0, 0.05) is 11.9 Å². The van der Waals surface area contributed by atoms with Crippen LogP contribution in [0.25, 0.3) is 22.3 Å². The number of H-pyrrole nitrogens is 1. The summed E-state index contributed by atoms with van der Waals surface area (Å²) in [6.07, 6.45) is 3.40. The monoisotopic (exact) mass is 568 g/mol. The van der Waals surface area contributed by atoms with Gasteiger partial charge in [-0.2, -0.15) is 0 Å². The molecule has 2 unspecified atom stereocenters. The van der Waals surface area contributed by atoms with E-state index in [1.165, 1.54) is 0 Å². The fourth-order valence-corrected chi connectivity index (χ4v) is 5.02. The molecule has 0 aliphatic heterocycles. The van der Waals surface area contributed by atoms with Crippen LogP contribution in [0.3, 0.4) is 0 Å². The molecule has 0 saturated heterocycles. The number of hydrogen-bond acceptors (Lipinski definition) is 6. The predicted molar refractivity (Wildman–Crippen MR) is 149 cm³/mol. The fraction of sp³-hybridized carbons (Fsp3) is 0.107. The Kier molecular flexibility index (Phi) is 7.47. The summed E-state index contributed by atoms with van der Waals surface area (Å²) >= 11 is -0.365. The predicted octanol–water partition coefficient (Wildman–Crippen LogP) is 3.15. The molecule has 9 nitrogen and oxygen atoms in total. The van der Waals surface area contributed by atoms with Gasteiger partial charge in [-0.1, -0.05) is 24.3 Å². The number of carboxylic acids is 1. The number of nitrogens with one attached hydrogen (secondary N) is 2. The molecule has 190 valence electrons. The summed E-state index contributed by atoms with van der Waals surface area (Å²) in [5.41, 5.74) is 5.73. The topological polar surface area (TPSA) is 124 Å². The van der Waals surface area contributed by atoms with Crippen LogP contribution in [-0.2, 0) is 4.79 Å². The molecule has 3 aromatic heterocycles. The van der Waals surface area contributed by atoms with Gasteiger partial charge in [0.2, 0.25) is 0 Å². The molecule has 3 heterocycles. The quantitative estimate of drug-likeness (QED) is 0.234. The molecule has 38 heavy (non-hydrogen) atoms. The minimum atomic E-state index is -1.18. The Morgan fingerprint density at radius 3 is 2.55 bits per heavy atom. The van der Waals surface area contributed by atoms with Crippen molar-refractivity contribution in [3.05, 3.63) is 96.8 Å². The number of aromatic amines is 1. The number of para-hydroxylation sites is 1. The number of hydrogen-bond donors (Lipinski definition) is 3. The van der Waals surface area contributed by atoms with Gasteiger partial charge in [-0.15, -0.1) is 0 Å². The van der Waals surface area contributed by atoms with E-state index in [0.29, 0.717) is 11.4 Å². The first kappa shape index (κ1) is 25.2. The van der Waals surface area contributed by atoms with Crippen molar-refractivity contribution in [2.24, 2.45) is 0 Å².